The quantitative estimate of drug-likeness (QED) is 0.651. The van der Waals surface area contributed by atoms with Gasteiger partial charge in [0.15, 0.2) is 0 Å². The van der Waals surface area contributed by atoms with Crippen molar-refractivity contribution in [1.82, 2.24) is 9.71 Å². The Morgan fingerprint density at radius 1 is 0.920 bits per heavy atom. The van der Waals surface area contributed by atoms with Gasteiger partial charge in [-0.1, -0.05) is 0 Å². The Labute approximate surface area is 147 Å². The monoisotopic (exact) mass is 385 g/mol. The van der Waals surface area contributed by atoms with Crippen LogP contribution in [-0.4, -0.2) is 39.1 Å². The van der Waals surface area contributed by atoms with E-state index in [1.807, 2.05) is 0 Å². The number of rotatable bonds is 7. The molecule has 0 aliphatic carbocycles. The number of aromatic nitrogens is 1. The van der Waals surface area contributed by atoms with Crippen molar-refractivity contribution in [2.45, 2.75) is 29.2 Å². The maximum Gasteiger partial charge on any atom is 0.261 e. The van der Waals surface area contributed by atoms with Crippen molar-refractivity contribution in [3.8, 4) is 0 Å². The number of benzene rings is 1. The largest absolute Gasteiger partial charge is 0.389 e. The molecular formula is C15H19N3O5S2. The minimum Gasteiger partial charge on any atom is -0.389 e. The Hall–Kier alpha value is -2.01. The van der Waals surface area contributed by atoms with E-state index in [1.165, 1.54) is 62.6 Å². The van der Waals surface area contributed by atoms with Crippen molar-refractivity contribution in [3.05, 3.63) is 48.8 Å². The van der Waals surface area contributed by atoms with E-state index >= 15 is 0 Å². The Balaban J connectivity index is 2.19. The second-order valence-electron chi connectivity index (χ2n) is 5.95. The van der Waals surface area contributed by atoms with Crippen LogP contribution in [0.4, 0.5) is 5.69 Å². The van der Waals surface area contributed by atoms with Crippen LogP contribution in [0.1, 0.15) is 13.8 Å². The van der Waals surface area contributed by atoms with Gasteiger partial charge in [0, 0.05) is 18.9 Å². The zero-order chi connectivity index (χ0) is 18.7. The minimum atomic E-state index is -3.85. The van der Waals surface area contributed by atoms with Gasteiger partial charge in [-0.05, 0) is 50.2 Å². The average Bonchev–Trinajstić information content (AvgIpc) is 2.53. The molecular weight excluding hydrogens is 366 g/mol. The van der Waals surface area contributed by atoms with Gasteiger partial charge in [0.1, 0.15) is 0 Å². The SMILES string of the molecule is CC(C)(O)CNS(=O)(=O)c1ccc(S(=O)(=O)Nc2ccncc2)cc1. The third-order valence-electron chi connectivity index (χ3n) is 3.07. The molecule has 0 radical (unpaired) electrons. The molecule has 1 heterocycles. The first-order valence-electron chi connectivity index (χ1n) is 7.25. The molecule has 0 fully saturated rings. The first-order chi connectivity index (χ1) is 11.5. The molecule has 3 N–H and O–H groups in total. The summed E-state index contributed by atoms with van der Waals surface area (Å²) >= 11 is 0. The van der Waals surface area contributed by atoms with E-state index in [-0.39, 0.29) is 16.3 Å². The summed E-state index contributed by atoms with van der Waals surface area (Å²) in [6.45, 7) is 2.77. The van der Waals surface area contributed by atoms with Crippen LogP contribution in [0.3, 0.4) is 0 Å². The Morgan fingerprint density at radius 3 is 1.88 bits per heavy atom. The van der Waals surface area contributed by atoms with E-state index in [0.29, 0.717) is 5.69 Å². The van der Waals surface area contributed by atoms with E-state index < -0.39 is 25.6 Å². The summed E-state index contributed by atoms with van der Waals surface area (Å²) in [5.41, 5.74) is -0.858. The summed E-state index contributed by atoms with van der Waals surface area (Å²) in [5, 5.41) is 9.60. The van der Waals surface area contributed by atoms with Crippen molar-refractivity contribution in [2.75, 3.05) is 11.3 Å². The molecule has 0 unspecified atom stereocenters. The molecule has 10 heteroatoms. The van der Waals surface area contributed by atoms with Crippen molar-refractivity contribution >= 4 is 25.7 Å². The molecule has 0 atom stereocenters. The number of hydrogen-bond acceptors (Lipinski definition) is 6. The maximum atomic E-state index is 12.3. The van der Waals surface area contributed by atoms with Gasteiger partial charge in [0.05, 0.1) is 21.1 Å². The average molecular weight is 385 g/mol. The molecule has 0 aliphatic heterocycles. The lowest BCUT2D eigenvalue weighted by molar-refractivity contribution is 0.0857. The molecule has 0 spiro atoms. The van der Waals surface area contributed by atoms with E-state index in [2.05, 4.69) is 14.4 Å². The molecule has 0 saturated heterocycles. The zero-order valence-corrected chi connectivity index (χ0v) is 15.3. The van der Waals surface area contributed by atoms with Crippen molar-refractivity contribution in [1.29, 1.82) is 0 Å². The highest BCUT2D eigenvalue weighted by atomic mass is 32.2. The number of sulfonamides is 2. The van der Waals surface area contributed by atoms with Gasteiger partial charge in [-0.3, -0.25) is 9.71 Å². The van der Waals surface area contributed by atoms with Crippen LogP contribution in [0.25, 0.3) is 0 Å². The van der Waals surface area contributed by atoms with Crippen LogP contribution in [0.5, 0.6) is 0 Å². The highest BCUT2D eigenvalue weighted by Crippen LogP contribution is 2.18. The van der Waals surface area contributed by atoms with Crippen molar-refractivity contribution < 1.29 is 21.9 Å². The van der Waals surface area contributed by atoms with Crippen LogP contribution in [-0.2, 0) is 20.0 Å². The molecule has 8 nitrogen and oxygen atoms in total. The number of aliphatic hydroxyl groups is 1. The van der Waals surface area contributed by atoms with Gasteiger partial charge in [-0.15, -0.1) is 0 Å². The molecule has 0 saturated carbocycles. The number of nitrogens with one attached hydrogen (secondary N) is 2. The second kappa shape index (κ2) is 7.08. The van der Waals surface area contributed by atoms with E-state index in [4.69, 9.17) is 0 Å². The summed E-state index contributed by atoms with van der Waals surface area (Å²) in [5.74, 6) is 0. The first kappa shape index (κ1) is 19.3. The van der Waals surface area contributed by atoms with Crippen LogP contribution < -0.4 is 9.44 Å². The van der Waals surface area contributed by atoms with Crippen molar-refractivity contribution in [2.24, 2.45) is 0 Å². The maximum absolute atomic E-state index is 12.3. The van der Waals surface area contributed by atoms with E-state index in [9.17, 15) is 21.9 Å². The van der Waals surface area contributed by atoms with Gasteiger partial charge < -0.3 is 5.11 Å². The molecule has 0 amide bonds. The number of hydrogen-bond donors (Lipinski definition) is 3. The smallest absolute Gasteiger partial charge is 0.261 e. The van der Waals surface area contributed by atoms with Gasteiger partial charge in [-0.25, -0.2) is 21.6 Å². The van der Waals surface area contributed by atoms with Gasteiger partial charge in [0.2, 0.25) is 10.0 Å². The first-order valence-corrected chi connectivity index (χ1v) is 10.2. The Morgan fingerprint density at radius 2 is 1.40 bits per heavy atom. The fourth-order valence-electron chi connectivity index (χ4n) is 1.79. The highest BCUT2D eigenvalue weighted by molar-refractivity contribution is 7.92. The molecule has 2 rings (SSSR count). The lowest BCUT2D eigenvalue weighted by atomic mass is 10.1. The van der Waals surface area contributed by atoms with Crippen LogP contribution in [0.2, 0.25) is 0 Å². The topological polar surface area (TPSA) is 125 Å². The van der Waals surface area contributed by atoms with Crippen molar-refractivity contribution in [3.63, 3.8) is 0 Å². The molecule has 1 aromatic heterocycles. The molecule has 0 bridgehead atoms. The number of pyridine rings is 1. The van der Waals surface area contributed by atoms with E-state index in [0.717, 1.165) is 0 Å². The minimum absolute atomic E-state index is 0.0780. The summed E-state index contributed by atoms with van der Waals surface area (Å²) in [6.07, 6.45) is 2.89. The summed E-state index contributed by atoms with van der Waals surface area (Å²) < 4.78 is 53.5. The third kappa shape index (κ3) is 5.49. The summed E-state index contributed by atoms with van der Waals surface area (Å²) in [4.78, 5) is 3.62. The predicted octanol–water partition coefficient (Wildman–Crippen LogP) is 0.932. The molecule has 0 aliphatic rings. The lowest BCUT2D eigenvalue weighted by Crippen LogP contribution is -2.38. The molecule has 25 heavy (non-hydrogen) atoms. The molecule has 136 valence electrons. The zero-order valence-electron chi connectivity index (χ0n) is 13.7. The lowest BCUT2D eigenvalue weighted by Gasteiger charge is -2.17. The summed E-state index contributed by atoms with van der Waals surface area (Å²) in [7, 11) is -7.69. The molecule has 1 aromatic carbocycles. The summed E-state index contributed by atoms with van der Waals surface area (Å²) in [6, 6.07) is 7.76. The highest BCUT2D eigenvalue weighted by Gasteiger charge is 2.21. The number of nitrogens with zero attached hydrogens (tertiary/aromatic N) is 1. The fourth-order valence-corrected chi connectivity index (χ4v) is 4.05. The Bertz CT molecular complexity index is 919. The second-order valence-corrected chi connectivity index (χ2v) is 9.40. The van der Waals surface area contributed by atoms with Crippen LogP contribution in [0.15, 0.2) is 58.6 Å². The Kier molecular flexibility index (Phi) is 5.47. The number of anilines is 1. The van der Waals surface area contributed by atoms with Crippen LogP contribution in [0, 0.1) is 0 Å². The standard InChI is InChI=1S/C15H19N3O5S2/c1-15(2,19)11-17-24(20,21)13-3-5-14(6-4-13)25(22,23)18-12-7-9-16-10-8-12/h3-10,17,19H,11H2,1-2H3,(H,16,18). The van der Waals surface area contributed by atoms with E-state index in [1.54, 1.807) is 0 Å². The van der Waals surface area contributed by atoms with Crippen LogP contribution >= 0.6 is 0 Å². The molecule has 2 aromatic rings. The van der Waals surface area contributed by atoms with Gasteiger partial charge >= 0.3 is 0 Å². The normalized spacial score (nSPS) is 12.8. The van der Waals surface area contributed by atoms with Gasteiger partial charge in [-0.2, -0.15) is 0 Å². The fraction of sp³-hybridized carbons (Fsp3) is 0.267. The predicted molar refractivity (Wildman–Crippen MR) is 93.0 cm³/mol. The van der Waals surface area contributed by atoms with Gasteiger partial charge in [0.25, 0.3) is 10.0 Å². The third-order valence-corrected chi connectivity index (χ3v) is 5.89.